The lowest BCUT2D eigenvalue weighted by molar-refractivity contribution is -0.170. The number of hydrogen-bond donors (Lipinski definition) is 5. The first-order chi connectivity index (χ1) is 30.8. The van der Waals surface area contributed by atoms with Crippen molar-refractivity contribution in [3.05, 3.63) is 52.1 Å². The highest BCUT2D eigenvalue weighted by Gasteiger charge is 2.44. The lowest BCUT2D eigenvalue weighted by atomic mass is 10.1. The van der Waals surface area contributed by atoms with Crippen molar-refractivity contribution in [2.24, 2.45) is 5.92 Å². The monoisotopic (exact) mass is 947 g/mol. The molecule has 1 aliphatic rings. The van der Waals surface area contributed by atoms with Crippen LogP contribution in [0, 0.1) is 5.92 Å². The van der Waals surface area contributed by atoms with Crippen LogP contribution in [0.2, 0.25) is 18.1 Å². The van der Waals surface area contributed by atoms with E-state index in [2.05, 4.69) is 69.8 Å². The SMILES string of the molecule is COC(=O)[C@H](CCC(=O)NCCCCCC(=O)N1C[C@H](O[Si](C)(C)C(C)(C)C)C[C@H]1CO)NC(=O)c1ccc(N(Cc2cnc3nc(NC(=O)C(C)C)[nH]c(=O)c3n2)C(=O)C(F)(F)F)cc1. The van der Waals surface area contributed by atoms with E-state index in [0.717, 1.165) is 37.6 Å². The topological polar surface area (TPSA) is 255 Å². The van der Waals surface area contributed by atoms with Gasteiger partial charge < -0.3 is 29.8 Å². The molecule has 0 aliphatic carbocycles. The van der Waals surface area contributed by atoms with Gasteiger partial charge in [0.2, 0.25) is 23.7 Å². The van der Waals surface area contributed by atoms with Crippen molar-refractivity contribution in [1.29, 1.82) is 0 Å². The van der Waals surface area contributed by atoms with Crippen molar-refractivity contribution in [1.82, 2.24) is 35.5 Å². The number of aromatic nitrogens is 4. The molecule has 1 aliphatic heterocycles. The van der Waals surface area contributed by atoms with E-state index in [4.69, 9.17) is 9.16 Å². The molecule has 19 nitrogen and oxygen atoms in total. The van der Waals surface area contributed by atoms with Crippen LogP contribution < -0.4 is 26.4 Å². The van der Waals surface area contributed by atoms with Gasteiger partial charge in [0.05, 0.1) is 44.3 Å². The molecule has 1 aromatic carbocycles. The van der Waals surface area contributed by atoms with Gasteiger partial charge in [0, 0.05) is 43.1 Å². The minimum Gasteiger partial charge on any atom is -0.467 e. The summed E-state index contributed by atoms with van der Waals surface area (Å²) in [6, 6.07) is 2.83. The predicted octanol–water partition coefficient (Wildman–Crippen LogP) is 4.11. The number of carbonyl (C=O) groups is 6. The Morgan fingerprint density at radius 3 is 2.30 bits per heavy atom. The summed E-state index contributed by atoms with van der Waals surface area (Å²) < 4.78 is 52.7. The number of nitrogens with one attached hydrogen (secondary N) is 4. The van der Waals surface area contributed by atoms with Gasteiger partial charge in [-0.1, -0.05) is 41.0 Å². The zero-order chi connectivity index (χ0) is 49.1. The van der Waals surface area contributed by atoms with Crippen LogP contribution in [-0.2, 0) is 39.7 Å². The standard InChI is InChI=1S/C43H60F3N9O10Si/c1-25(2)36(59)52-41-51-35-34(38(61)53-41)49-27(21-48-35)22-55(40(63)43(44,45)46)28-15-13-26(14-16-28)37(60)50-31(39(62)64-6)17-18-32(57)47-19-11-9-10-12-33(58)54-23-30(20-29(54)24-56)65-66(7,8)42(3,4)5/h13-16,21,25,29-31,56H,9-12,17-20,22-24H2,1-8H3,(H,47,57)(H,50,60)(H2,48,51,52,53,59,61)/t29-,30+,31-/m0/s1. The van der Waals surface area contributed by atoms with E-state index in [1.54, 1.807) is 18.7 Å². The molecule has 1 saturated heterocycles. The number of alkyl halides is 3. The number of amides is 5. The zero-order valence-corrected chi connectivity index (χ0v) is 39.5. The molecule has 2 aromatic heterocycles. The Morgan fingerprint density at radius 1 is 1.02 bits per heavy atom. The van der Waals surface area contributed by atoms with E-state index in [-0.39, 0.29) is 83.0 Å². The lowest BCUT2D eigenvalue weighted by Crippen LogP contribution is -2.44. The summed E-state index contributed by atoms with van der Waals surface area (Å²) in [6.45, 7) is 13.8. The number of benzene rings is 1. The summed E-state index contributed by atoms with van der Waals surface area (Å²) in [5.41, 5.74) is -2.05. The third kappa shape index (κ3) is 14.3. The number of likely N-dealkylation sites (tertiary alicyclic amines) is 1. The molecule has 0 bridgehead atoms. The van der Waals surface area contributed by atoms with Crippen LogP contribution in [0.5, 0.6) is 0 Å². The van der Waals surface area contributed by atoms with Crippen LogP contribution in [-0.4, -0.2) is 125 Å². The van der Waals surface area contributed by atoms with E-state index in [9.17, 15) is 51.8 Å². The number of carbonyl (C=O) groups excluding carboxylic acids is 6. The number of esters is 1. The Hall–Kier alpha value is -5.81. The summed E-state index contributed by atoms with van der Waals surface area (Å²) in [4.78, 5) is 105. The first-order valence-corrected chi connectivity index (χ1v) is 24.5. The number of methoxy groups -OCH3 is 1. The van der Waals surface area contributed by atoms with E-state index in [1.165, 1.54) is 0 Å². The number of aromatic amines is 1. The van der Waals surface area contributed by atoms with Crippen molar-refractivity contribution in [2.45, 2.75) is 129 Å². The zero-order valence-electron chi connectivity index (χ0n) is 38.5. The fourth-order valence-electron chi connectivity index (χ4n) is 6.72. The van der Waals surface area contributed by atoms with Crippen LogP contribution in [0.25, 0.3) is 11.2 Å². The van der Waals surface area contributed by atoms with Crippen molar-refractivity contribution in [2.75, 3.05) is 37.0 Å². The second-order valence-electron chi connectivity index (χ2n) is 17.9. The summed E-state index contributed by atoms with van der Waals surface area (Å²) in [6.07, 6.45) is -2.08. The molecule has 66 heavy (non-hydrogen) atoms. The van der Waals surface area contributed by atoms with E-state index in [1.807, 2.05) is 0 Å². The molecule has 5 amide bonds. The van der Waals surface area contributed by atoms with Gasteiger partial charge in [-0.25, -0.2) is 14.8 Å². The molecule has 3 atom stereocenters. The van der Waals surface area contributed by atoms with Gasteiger partial charge in [-0.2, -0.15) is 18.2 Å². The molecule has 5 N–H and O–H groups in total. The molecule has 0 saturated carbocycles. The fourth-order valence-corrected chi connectivity index (χ4v) is 8.07. The summed E-state index contributed by atoms with van der Waals surface area (Å²) in [5.74, 6) is -5.50. The van der Waals surface area contributed by atoms with Crippen molar-refractivity contribution < 1.29 is 56.2 Å². The first-order valence-electron chi connectivity index (χ1n) is 21.6. The predicted molar refractivity (Wildman–Crippen MR) is 238 cm³/mol. The minimum atomic E-state index is -5.34. The number of nitrogens with zero attached hydrogens (tertiary/aromatic N) is 5. The molecule has 1 fully saturated rings. The normalized spacial score (nSPS) is 15.9. The van der Waals surface area contributed by atoms with Crippen LogP contribution >= 0.6 is 0 Å². The number of H-pyrrole nitrogens is 1. The maximum Gasteiger partial charge on any atom is 0.471 e. The minimum absolute atomic E-state index is 0.0154. The van der Waals surface area contributed by atoms with Crippen LogP contribution in [0.15, 0.2) is 35.3 Å². The molecule has 23 heteroatoms. The third-order valence-corrected chi connectivity index (χ3v) is 16.0. The maximum absolute atomic E-state index is 13.8. The number of rotatable bonds is 20. The summed E-state index contributed by atoms with van der Waals surface area (Å²) in [5, 5.41) is 17.6. The highest BCUT2D eigenvalue weighted by Crippen LogP contribution is 2.39. The second-order valence-corrected chi connectivity index (χ2v) is 22.7. The maximum atomic E-state index is 13.8. The highest BCUT2D eigenvalue weighted by atomic mass is 28.4. The van der Waals surface area contributed by atoms with Crippen molar-refractivity contribution in [3.63, 3.8) is 0 Å². The van der Waals surface area contributed by atoms with Crippen LogP contribution in [0.1, 0.15) is 95.6 Å². The van der Waals surface area contributed by atoms with Gasteiger partial charge >= 0.3 is 18.1 Å². The van der Waals surface area contributed by atoms with Gasteiger partial charge in [0.1, 0.15) is 6.04 Å². The fraction of sp³-hybridized carbons (Fsp3) is 0.581. The molecule has 3 heterocycles. The molecule has 3 aromatic rings. The average Bonchev–Trinajstić information content (AvgIpc) is 3.66. The number of anilines is 2. The number of hydrogen-bond acceptors (Lipinski definition) is 13. The number of fused-ring (bicyclic) bond motifs is 1. The number of aliphatic hydroxyl groups is 1. The Bertz CT molecular complexity index is 2290. The molecule has 4 rings (SSSR count). The number of unbranched alkanes of at least 4 members (excludes halogenated alkanes) is 2. The number of ether oxygens (including phenoxy) is 1. The average molecular weight is 948 g/mol. The van der Waals surface area contributed by atoms with Gasteiger partial charge in [0.15, 0.2) is 19.5 Å². The van der Waals surface area contributed by atoms with Crippen LogP contribution in [0.3, 0.4) is 0 Å². The quantitative estimate of drug-likeness (QED) is 0.0608. The van der Waals surface area contributed by atoms with E-state index in [0.29, 0.717) is 43.7 Å². The summed E-state index contributed by atoms with van der Waals surface area (Å²) >= 11 is 0. The molecule has 0 radical (unpaired) electrons. The Labute approximate surface area is 381 Å². The second kappa shape index (κ2) is 22.6. The van der Waals surface area contributed by atoms with E-state index >= 15 is 0 Å². The Kier molecular flexibility index (Phi) is 18.1. The van der Waals surface area contributed by atoms with Crippen molar-refractivity contribution >= 4 is 66.6 Å². The van der Waals surface area contributed by atoms with Gasteiger partial charge in [-0.3, -0.25) is 44.0 Å². The Balaban J connectivity index is 1.29. The summed E-state index contributed by atoms with van der Waals surface area (Å²) in [7, 11) is -0.954. The number of halogens is 3. The smallest absolute Gasteiger partial charge is 0.467 e. The third-order valence-electron chi connectivity index (χ3n) is 11.5. The molecular weight excluding hydrogens is 888 g/mol. The van der Waals surface area contributed by atoms with Gasteiger partial charge in [-0.15, -0.1) is 0 Å². The molecular formula is C43H60F3N9O10Si. The highest BCUT2D eigenvalue weighted by molar-refractivity contribution is 6.74. The van der Waals surface area contributed by atoms with Gasteiger partial charge in [0.25, 0.3) is 11.5 Å². The van der Waals surface area contributed by atoms with Crippen LogP contribution in [0.4, 0.5) is 24.8 Å². The van der Waals surface area contributed by atoms with Crippen molar-refractivity contribution in [3.8, 4) is 0 Å². The molecule has 362 valence electrons. The largest absolute Gasteiger partial charge is 0.471 e. The number of aliphatic hydroxyl groups excluding tert-OH is 1. The molecule has 0 unspecified atom stereocenters. The first kappa shape index (κ1) is 52.8. The lowest BCUT2D eigenvalue weighted by Gasteiger charge is -2.38. The van der Waals surface area contributed by atoms with E-state index < -0.39 is 68.2 Å². The Morgan fingerprint density at radius 2 is 1.70 bits per heavy atom. The van der Waals surface area contributed by atoms with Gasteiger partial charge in [-0.05, 0) is 68.1 Å². The molecule has 0 spiro atoms.